The first-order chi connectivity index (χ1) is 15.3. The number of nitrogens with zero attached hydrogens (tertiary/aromatic N) is 2. The number of para-hydroxylation sites is 1. The lowest BCUT2D eigenvalue weighted by Crippen LogP contribution is -2.25. The SMILES string of the molecule is Cn1cc([C@H](CC(=O)NCc2ccncc2)c2ccc(C(C)(C)C)cc2)c2ccccc21. The fourth-order valence-corrected chi connectivity index (χ4v) is 4.23. The number of aryl methyl sites for hydroxylation is 1. The highest BCUT2D eigenvalue weighted by Gasteiger charge is 2.23. The fraction of sp³-hybridized carbons (Fsp3) is 0.286. The molecular formula is C28H31N3O. The predicted molar refractivity (Wildman–Crippen MR) is 131 cm³/mol. The van der Waals surface area contributed by atoms with Crippen LogP contribution in [0.3, 0.4) is 0 Å². The van der Waals surface area contributed by atoms with Crippen molar-refractivity contribution in [1.29, 1.82) is 0 Å². The van der Waals surface area contributed by atoms with E-state index in [1.165, 1.54) is 22.0 Å². The molecule has 0 bridgehead atoms. The molecule has 0 saturated heterocycles. The summed E-state index contributed by atoms with van der Waals surface area (Å²) in [6.07, 6.45) is 6.06. The topological polar surface area (TPSA) is 46.9 Å². The Hall–Kier alpha value is -3.40. The normalized spacial score (nSPS) is 12.6. The van der Waals surface area contributed by atoms with Crippen molar-refractivity contribution in [3.8, 4) is 0 Å². The molecule has 0 fully saturated rings. The van der Waals surface area contributed by atoms with Crippen molar-refractivity contribution in [2.75, 3.05) is 0 Å². The molecule has 0 saturated carbocycles. The van der Waals surface area contributed by atoms with Gasteiger partial charge >= 0.3 is 0 Å². The maximum absolute atomic E-state index is 13.0. The van der Waals surface area contributed by atoms with E-state index in [4.69, 9.17) is 0 Å². The van der Waals surface area contributed by atoms with Gasteiger partial charge in [0.15, 0.2) is 0 Å². The second kappa shape index (κ2) is 8.99. The highest BCUT2D eigenvalue weighted by Crippen LogP contribution is 2.35. The first-order valence-corrected chi connectivity index (χ1v) is 11.1. The molecule has 1 atom stereocenters. The van der Waals surface area contributed by atoms with Crippen molar-refractivity contribution < 1.29 is 4.79 Å². The summed E-state index contributed by atoms with van der Waals surface area (Å²) in [7, 11) is 2.06. The third-order valence-electron chi connectivity index (χ3n) is 6.11. The monoisotopic (exact) mass is 425 g/mol. The number of nitrogens with one attached hydrogen (secondary N) is 1. The first kappa shape index (κ1) is 21.8. The third-order valence-corrected chi connectivity index (χ3v) is 6.11. The fourth-order valence-electron chi connectivity index (χ4n) is 4.23. The molecule has 0 spiro atoms. The Labute approximate surface area is 190 Å². The maximum Gasteiger partial charge on any atom is 0.221 e. The van der Waals surface area contributed by atoms with Crippen molar-refractivity contribution in [3.05, 3.63) is 102 Å². The predicted octanol–water partition coefficient (Wildman–Crippen LogP) is 5.71. The number of rotatable bonds is 6. The Morgan fingerprint density at radius 2 is 1.69 bits per heavy atom. The summed E-state index contributed by atoms with van der Waals surface area (Å²) in [6, 6.07) is 21.0. The van der Waals surface area contributed by atoms with Gasteiger partial charge in [-0.2, -0.15) is 0 Å². The molecule has 0 aliphatic heterocycles. The van der Waals surface area contributed by atoms with Crippen LogP contribution in [-0.4, -0.2) is 15.5 Å². The van der Waals surface area contributed by atoms with Crippen molar-refractivity contribution in [1.82, 2.24) is 14.9 Å². The average molecular weight is 426 g/mol. The highest BCUT2D eigenvalue weighted by molar-refractivity contribution is 5.86. The second-order valence-corrected chi connectivity index (χ2v) is 9.47. The number of amides is 1. The van der Waals surface area contributed by atoms with Crippen LogP contribution in [0.1, 0.15) is 55.4 Å². The van der Waals surface area contributed by atoms with Crippen LogP contribution >= 0.6 is 0 Å². The van der Waals surface area contributed by atoms with Crippen LogP contribution in [-0.2, 0) is 23.8 Å². The summed E-state index contributed by atoms with van der Waals surface area (Å²) in [5.41, 5.74) is 5.95. The molecule has 4 aromatic rings. The van der Waals surface area contributed by atoms with Crippen LogP contribution in [0, 0.1) is 0 Å². The molecule has 2 aromatic carbocycles. The van der Waals surface area contributed by atoms with E-state index in [1.807, 2.05) is 12.1 Å². The van der Waals surface area contributed by atoms with Gasteiger partial charge in [-0.25, -0.2) is 0 Å². The van der Waals surface area contributed by atoms with Gasteiger partial charge in [-0.3, -0.25) is 9.78 Å². The number of benzene rings is 2. The average Bonchev–Trinajstić information content (AvgIpc) is 3.13. The summed E-state index contributed by atoms with van der Waals surface area (Å²) in [6.45, 7) is 7.16. The van der Waals surface area contributed by atoms with E-state index < -0.39 is 0 Å². The zero-order chi connectivity index (χ0) is 22.7. The molecule has 2 aromatic heterocycles. The van der Waals surface area contributed by atoms with Crippen LogP contribution in [0.15, 0.2) is 79.3 Å². The van der Waals surface area contributed by atoms with E-state index >= 15 is 0 Å². The number of aromatic nitrogens is 2. The summed E-state index contributed by atoms with van der Waals surface area (Å²) in [4.78, 5) is 17.0. The standard InChI is InChI=1S/C28H31N3O/c1-28(2,3)22-11-9-21(10-12-22)24(17-27(32)30-18-20-13-15-29-16-14-20)25-19-31(4)26-8-6-5-7-23(25)26/h5-16,19,24H,17-18H2,1-4H3,(H,30,32)/t24-/m1/s1. The van der Waals surface area contributed by atoms with E-state index in [-0.39, 0.29) is 17.2 Å². The van der Waals surface area contributed by atoms with E-state index in [1.54, 1.807) is 12.4 Å². The number of hydrogen-bond donors (Lipinski definition) is 1. The van der Waals surface area contributed by atoms with Crippen LogP contribution in [0.5, 0.6) is 0 Å². The first-order valence-electron chi connectivity index (χ1n) is 11.1. The van der Waals surface area contributed by atoms with Gasteiger partial charge in [0.05, 0.1) is 0 Å². The molecule has 4 heteroatoms. The Morgan fingerprint density at radius 3 is 2.38 bits per heavy atom. The van der Waals surface area contributed by atoms with E-state index in [2.05, 4.69) is 97.4 Å². The Morgan fingerprint density at radius 1 is 1.00 bits per heavy atom. The molecule has 1 amide bonds. The van der Waals surface area contributed by atoms with Crippen LogP contribution in [0.2, 0.25) is 0 Å². The minimum atomic E-state index is -0.0208. The largest absolute Gasteiger partial charge is 0.352 e. The molecule has 0 unspecified atom stereocenters. The summed E-state index contributed by atoms with van der Waals surface area (Å²) in [5, 5.41) is 4.28. The van der Waals surface area contributed by atoms with Crippen LogP contribution in [0.25, 0.3) is 10.9 Å². The molecule has 1 N–H and O–H groups in total. The van der Waals surface area contributed by atoms with E-state index in [9.17, 15) is 4.79 Å². The van der Waals surface area contributed by atoms with Crippen molar-refractivity contribution in [2.24, 2.45) is 7.05 Å². The number of pyridine rings is 1. The molecule has 0 aliphatic carbocycles. The lowest BCUT2D eigenvalue weighted by Gasteiger charge is -2.22. The Balaban J connectivity index is 1.65. The third kappa shape index (κ3) is 4.75. The second-order valence-electron chi connectivity index (χ2n) is 9.47. The number of carbonyl (C=O) groups excluding carboxylic acids is 1. The van der Waals surface area contributed by atoms with Gasteiger partial charge in [0.25, 0.3) is 0 Å². The van der Waals surface area contributed by atoms with Gasteiger partial charge in [-0.15, -0.1) is 0 Å². The van der Waals surface area contributed by atoms with Gasteiger partial charge in [0.1, 0.15) is 0 Å². The van der Waals surface area contributed by atoms with Crippen molar-refractivity contribution in [2.45, 2.75) is 45.1 Å². The molecular weight excluding hydrogens is 394 g/mol. The van der Waals surface area contributed by atoms with Crippen molar-refractivity contribution in [3.63, 3.8) is 0 Å². The van der Waals surface area contributed by atoms with Crippen molar-refractivity contribution >= 4 is 16.8 Å². The van der Waals surface area contributed by atoms with Gasteiger partial charge < -0.3 is 9.88 Å². The lowest BCUT2D eigenvalue weighted by atomic mass is 9.83. The van der Waals surface area contributed by atoms with E-state index in [0.29, 0.717) is 13.0 Å². The molecule has 4 nitrogen and oxygen atoms in total. The molecule has 0 radical (unpaired) electrons. The van der Waals surface area contributed by atoms with E-state index in [0.717, 1.165) is 11.1 Å². The van der Waals surface area contributed by atoms with Gasteiger partial charge in [0, 0.05) is 55.4 Å². The lowest BCUT2D eigenvalue weighted by molar-refractivity contribution is -0.121. The minimum Gasteiger partial charge on any atom is -0.352 e. The highest BCUT2D eigenvalue weighted by atomic mass is 16.1. The molecule has 32 heavy (non-hydrogen) atoms. The number of fused-ring (bicyclic) bond motifs is 1. The van der Waals surface area contributed by atoms with Crippen LogP contribution < -0.4 is 5.32 Å². The van der Waals surface area contributed by atoms with Crippen LogP contribution in [0.4, 0.5) is 0 Å². The van der Waals surface area contributed by atoms with Gasteiger partial charge in [-0.1, -0.05) is 63.2 Å². The Bertz CT molecular complexity index is 1200. The van der Waals surface area contributed by atoms with Gasteiger partial charge in [-0.05, 0) is 45.9 Å². The minimum absolute atomic E-state index is 0.0208. The molecule has 0 aliphatic rings. The molecule has 164 valence electrons. The number of hydrogen-bond acceptors (Lipinski definition) is 2. The molecule has 2 heterocycles. The Kier molecular flexibility index (Phi) is 6.13. The number of carbonyl (C=O) groups is 1. The summed E-state index contributed by atoms with van der Waals surface area (Å²) >= 11 is 0. The zero-order valence-electron chi connectivity index (χ0n) is 19.3. The maximum atomic E-state index is 13.0. The summed E-state index contributed by atoms with van der Waals surface area (Å²) in [5.74, 6) is 0.0206. The quantitative estimate of drug-likeness (QED) is 0.430. The smallest absolute Gasteiger partial charge is 0.221 e. The summed E-state index contributed by atoms with van der Waals surface area (Å²) < 4.78 is 2.15. The zero-order valence-corrected chi connectivity index (χ0v) is 19.3. The van der Waals surface area contributed by atoms with Gasteiger partial charge in [0.2, 0.25) is 5.91 Å². The molecule has 4 rings (SSSR count).